The van der Waals surface area contributed by atoms with Gasteiger partial charge in [0.25, 0.3) is 0 Å². The Labute approximate surface area is 124 Å². The van der Waals surface area contributed by atoms with Gasteiger partial charge in [-0.15, -0.1) is 0 Å². The standard InChI is InChI=1S/C15H22N2O4/c1-4-9-15(2,3)16-14(21)17(10-13(19)20)11-5-7-12(18)8-6-11/h5-8,18H,4,9-10H2,1-3H3,(H,16,21)(H,19,20). The largest absolute Gasteiger partial charge is 0.508 e. The number of hydrogen-bond donors (Lipinski definition) is 3. The van der Waals surface area contributed by atoms with Gasteiger partial charge in [0.05, 0.1) is 0 Å². The zero-order valence-electron chi connectivity index (χ0n) is 12.6. The molecular formula is C15H22N2O4. The summed E-state index contributed by atoms with van der Waals surface area (Å²) in [5.41, 5.74) is -0.000492. The van der Waals surface area contributed by atoms with E-state index in [1.165, 1.54) is 24.3 Å². The molecule has 0 fully saturated rings. The lowest BCUT2D eigenvalue weighted by Crippen LogP contribution is -2.51. The summed E-state index contributed by atoms with van der Waals surface area (Å²) in [5, 5.41) is 21.1. The van der Waals surface area contributed by atoms with E-state index in [4.69, 9.17) is 5.11 Å². The quantitative estimate of drug-likeness (QED) is 0.752. The van der Waals surface area contributed by atoms with E-state index < -0.39 is 24.1 Å². The fraction of sp³-hybridized carbons (Fsp3) is 0.467. The van der Waals surface area contributed by atoms with Crippen LogP contribution in [0, 0.1) is 0 Å². The average molecular weight is 294 g/mol. The molecule has 1 rings (SSSR count). The van der Waals surface area contributed by atoms with Crippen LogP contribution in [0.4, 0.5) is 10.5 Å². The smallest absolute Gasteiger partial charge is 0.323 e. The van der Waals surface area contributed by atoms with Crippen LogP contribution < -0.4 is 10.2 Å². The minimum absolute atomic E-state index is 0.0562. The molecule has 1 aromatic rings. The van der Waals surface area contributed by atoms with Crippen molar-refractivity contribution in [2.24, 2.45) is 0 Å². The van der Waals surface area contributed by atoms with Gasteiger partial charge in [-0.1, -0.05) is 13.3 Å². The molecule has 21 heavy (non-hydrogen) atoms. The molecule has 0 aliphatic heterocycles. The number of benzene rings is 1. The van der Waals surface area contributed by atoms with Crippen LogP contribution in [-0.2, 0) is 4.79 Å². The van der Waals surface area contributed by atoms with Gasteiger partial charge >= 0.3 is 12.0 Å². The molecule has 0 spiro atoms. The number of urea groups is 1. The van der Waals surface area contributed by atoms with Gasteiger partial charge in [-0.3, -0.25) is 9.69 Å². The maximum Gasteiger partial charge on any atom is 0.323 e. The minimum Gasteiger partial charge on any atom is -0.508 e. The molecule has 1 aromatic carbocycles. The second-order valence-corrected chi connectivity index (χ2v) is 5.56. The predicted octanol–water partition coefficient (Wildman–Crippen LogP) is 2.57. The van der Waals surface area contributed by atoms with Crippen LogP contribution in [0.1, 0.15) is 33.6 Å². The third kappa shape index (κ3) is 5.33. The summed E-state index contributed by atoms with van der Waals surface area (Å²) in [4.78, 5) is 24.5. The maximum absolute atomic E-state index is 12.3. The molecule has 0 aliphatic carbocycles. The lowest BCUT2D eigenvalue weighted by Gasteiger charge is -2.30. The molecule has 0 saturated carbocycles. The number of amides is 2. The lowest BCUT2D eigenvalue weighted by molar-refractivity contribution is -0.135. The SMILES string of the molecule is CCCC(C)(C)NC(=O)N(CC(=O)O)c1ccc(O)cc1. The first kappa shape index (κ1) is 16.8. The zero-order chi connectivity index (χ0) is 16.0. The second kappa shape index (κ2) is 6.97. The molecule has 0 radical (unpaired) electrons. The van der Waals surface area contributed by atoms with Crippen LogP contribution in [0.5, 0.6) is 5.75 Å². The number of anilines is 1. The van der Waals surface area contributed by atoms with E-state index in [2.05, 4.69) is 5.32 Å². The number of aromatic hydroxyl groups is 1. The van der Waals surface area contributed by atoms with Crippen molar-refractivity contribution in [3.05, 3.63) is 24.3 Å². The Morgan fingerprint density at radius 3 is 2.29 bits per heavy atom. The van der Waals surface area contributed by atoms with Crippen LogP contribution >= 0.6 is 0 Å². The van der Waals surface area contributed by atoms with Crippen molar-refractivity contribution in [3.8, 4) is 5.75 Å². The Morgan fingerprint density at radius 2 is 1.81 bits per heavy atom. The summed E-state index contributed by atoms with van der Waals surface area (Å²) in [6.45, 7) is 5.36. The summed E-state index contributed by atoms with van der Waals surface area (Å²) >= 11 is 0. The molecule has 0 saturated heterocycles. The molecule has 0 aromatic heterocycles. The average Bonchev–Trinajstić information content (AvgIpc) is 2.36. The highest BCUT2D eigenvalue weighted by Crippen LogP contribution is 2.20. The number of phenols is 1. The number of carboxylic acid groups (broad SMARTS) is 1. The summed E-state index contributed by atoms with van der Waals surface area (Å²) in [6.07, 6.45) is 1.70. The van der Waals surface area contributed by atoms with Gasteiger partial charge in [-0.05, 0) is 44.5 Å². The van der Waals surface area contributed by atoms with Gasteiger partial charge in [-0.2, -0.15) is 0 Å². The molecule has 0 aliphatic rings. The van der Waals surface area contributed by atoms with Gasteiger partial charge in [0, 0.05) is 11.2 Å². The van der Waals surface area contributed by atoms with Crippen molar-refractivity contribution in [3.63, 3.8) is 0 Å². The molecule has 6 heteroatoms. The monoisotopic (exact) mass is 294 g/mol. The third-order valence-corrected chi connectivity index (χ3v) is 3.02. The summed E-state index contributed by atoms with van der Waals surface area (Å²) in [5.74, 6) is -1.05. The van der Waals surface area contributed by atoms with E-state index >= 15 is 0 Å². The molecular weight excluding hydrogens is 272 g/mol. The highest BCUT2D eigenvalue weighted by atomic mass is 16.4. The third-order valence-electron chi connectivity index (χ3n) is 3.02. The van der Waals surface area contributed by atoms with Gasteiger partial charge in [-0.25, -0.2) is 4.79 Å². The molecule has 0 heterocycles. The van der Waals surface area contributed by atoms with E-state index in [0.717, 1.165) is 17.7 Å². The van der Waals surface area contributed by atoms with Crippen molar-refractivity contribution in [2.75, 3.05) is 11.4 Å². The fourth-order valence-electron chi connectivity index (χ4n) is 2.09. The van der Waals surface area contributed by atoms with Crippen molar-refractivity contribution >= 4 is 17.7 Å². The van der Waals surface area contributed by atoms with Crippen molar-refractivity contribution < 1.29 is 19.8 Å². The van der Waals surface area contributed by atoms with Crippen molar-refractivity contribution in [1.82, 2.24) is 5.32 Å². The summed E-state index contributed by atoms with van der Waals surface area (Å²) < 4.78 is 0. The molecule has 0 atom stereocenters. The van der Waals surface area contributed by atoms with Crippen molar-refractivity contribution in [1.29, 1.82) is 0 Å². The van der Waals surface area contributed by atoms with Gasteiger partial charge in [0.15, 0.2) is 0 Å². The number of phenolic OH excluding ortho intramolecular Hbond substituents is 1. The topological polar surface area (TPSA) is 89.9 Å². The molecule has 3 N–H and O–H groups in total. The van der Waals surface area contributed by atoms with Crippen LogP contribution in [0.25, 0.3) is 0 Å². The first-order chi connectivity index (χ1) is 9.75. The van der Waals surface area contributed by atoms with E-state index in [9.17, 15) is 14.7 Å². The van der Waals surface area contributed by atoms with Crippen LogP contribution in [0.2, 0.25) is 0 Å². The van der Waals surface area contributed by atoms with Gasteiger partial charge < -0.3 is 15.5 Å². The van der Waals surface area contributed by atoms with Gasteiger partial charge in [0.1, 0.15) is 12.3 Å². The molecule has 0 bridgehead atoms. The minimum atomic E-state index is -1.11. The Hall–Kier alpha value is -2.24. The first-order valence-corrected chi connectivity index (χ1v) is 6.85. The first-order valence-electron chi connectivity index (χ1n) is 6.85. The van der Waals surface area contributed by atoms with Gasteiger partial charge in [0.2, 0.25) is 0 Å². The highest BCUT2D eigenvalue weighted by molar-refractivity contribution is 5.96. The molecule has 116 valence electrons. The number of nitrogens with zero attached hydrogens (tertiary/aromatic N) is 1. The predicted molar refractivity (Wildman–Crippen MR) is 80.6 cm³/mol. The van der Waals surface area contributed by atoms with Crippen LogP contribution in [0.15, 0.2) is 24.3 Å². The summed E-state index contributed by atoms with van der Waals surface area (Å²) in [7, 11) is 0. The van der Waals surface area contributed by atoms with Crippen LogP contribution in [0.3, 0.4) is 0 Å². The maximum atomic E-state index is 12.3. The molecule has 6 nitrogen and oxygen atoms in total. The van der Waals surface area contributed by atoms with E-state index in [0.29, 0.717) is 5.69 Å². The molecule has 2 amide bonds. The number of aliphatic carboxylic acids is 1. The van der Waals surface area contributed by atoms with Crippen LogP contribution in [-0.4, -0.2) is 34.3 Å². The van der Waals surface area contributed by atoms with E-state index in [1.807, 2.05) is 20.8 Å². The highest BCUT2D eigenvalue weighted by Gasteiger charge is 2.25. The lowest BCUT2D eigenvalue weighted by atomic mass is 9.99. The Morgan fingerprint density at radius 1 is 1.24 bits per heavy atom. The number of carbonyl (C=O) groups is 2. The Balaban J connectivity index is 2.94. The number of carboxylic acids is 1. The Bertz CT molecular complexity index is 497. The number of nitrogens with one attached hydrogen (secondary N) is 1. The second-order valence-electron chi connectivity index (χ2n) is 5.56. The number of carbonyl (C=O) groups excluding carboxylic acids is 1. The number of rotatable bonds is 6. The normalized spacial score (nSPS) is 11.0. The number of hydrogen-bond acceptors (Lipinski definition) is 3. The van der Waals surface area contributed by atoms with E-state index in [-0.39, 0.29) is 5.75 Å². The molecule has 0 unspecified atom stereocenters. The van der Waals surface area contributed by atoms with E-state index in [1.54, 1.807) is 0 Å². The van der Waals surface area contributed by atoms with Crippen molar-refractivity contribution in [2.45, 2.75) is 39.2 Å². The summed E-state index contributed by atoms with van der Waals surface area (Å²) in [6, 6.07) is 5.36. The fourth-order valence-corrected chi connectivity index (χ4v) is 2.09. The zero-order valence-corrected chi connectivity index (χ0v) is 12.6. The Kier molecular flexibility index (Phi) is 5.58.